The third-order valence-electron chi connectivity index (χ3n) is 6.20. The minimum absolute atomic E-state index is 0.267. The van der Waals surface area contributed by atoms with Crippen LogP contribution in [0.15, 0.2) is 33.7 Å². The van der Waals surface area contributed by atoms with E-state index in [2.05, 4.69) is 10.1 Å². The lowest BCUT2D eigenvalue weighted by atomic mass is 9.79. The van der Waals surface area contributed by atoms with E-state index in [0.29, 0.717) is 50.1 Å². The van der Waals surface area contributed by atoms with Crippen LogP contribution < -0.4 is 4.74 Å². The van der Waals surface area contributed by atoms with Crippen LogP contribution in [0, 0.1) is 5.92 Å². The van der Waals surface area contributed by atoms with Crippen molar-refractivity contribution in [2.75, 3.05) is 26.8 Å². The zero-order chi connectivity index (χ0) is 21.2. The van der Waals surface area contributed by atoms with Crippen LogP contribution in [0.1, 0.15) is 44.3 Å². The molecule has 30 heavy (non-hydrogen) atoms. The van der Waals surface area contributed by atoms with E-state index < -0.39 is 10.0 Å². The topological polar surface area (TPSA) is 94.8 Å². The summed E-state index contributed by atoms with van der Waals surface area (Å²) in [7, 11) is -2.02. The molecular weight excluding hydrogens is 406 g/mol. The smallest absolute Gasteiger partial charge is 0.243 e. The van der Waals surface area contributed by atoms with E-state index in [1.54, 1.807) is 28.6 Å². The number of benzene rings is 1. The van der Waals surface area contributed by atoms with Crippen molar-refractivity contribution in [3.63, 3.8) is 0 Å². The lowest BCUT2D eigenvalue weighted by Gasteiger charge is -2.45. The van der Waals surface area contributed by atoms with Crippen molar-refractivity contribution in [2.24, 2.45) is 5.92 Å². The van der Waals surface area contributed by atoms with Gasteiger partial charge in [-0.1, -0.05) is 18.1 Å². The predicted octanol–water partition coefficient (Wildman–Crippen LogP) is 2.83. The van der Waals surface area contributed by atoms with Crippen LogP contribution in [0.2, 0.25) is 0 Å². The van der Waals surface area contributed by atoms with Crippen molar-refractivity contribution in [2.45, 2.75) is 55.9 Å². The molecule has 1 unspecified atom stereocenters. The molecule has 2 aliphatic heterocycles. The van der Waals surface area contributed by atoms with Gasteiger partial charge in [0.15, 0.2) is 5.82 Å². The highest BCUT2D eigenvalue weighted by Gasteiger charge is 2.43. The highest BCUT2D eigenvalue weighted by Crippen LogP contribution is 2.39. The van der Waals surface area contributed by atoms with Gasteiger partial charge in [0.2, 0.25) is 15.9 Å². The number of methoxy groups -OCH3 is 1. The number of aromatic nitrogens is 2. The van der Waals surface area contributed by atoms with E-state index in [1.165, 1.54) is 7.11 Å². The first-order valence-electron chi connectivity index (χ1n) is 10.5. The van der Waals surface area contributed by atoms with Gasteiger partial charge in [-0.2, -0.15) is 9.29 Å². The van der Waals surface area contributed by atoms with Crippen molar-refractivity contribution >= 4 is 10.0 Å². The van der Waals surface area contributed by atoms with Gasteiger partial charge in [-0.15, -0.1) is 0 Å². The maximum absolute atomic E-state index is 13.1. The summed E-state index contributed by atoms with van der Waals surface area (Å²) in [6.45, 7) is 3.59. The monoisotopic (exact) mass is 435 g/mol. The minimum atomic E-state index is -3.55. The SMILES string of the molecule is CCc1noc(CC2CCOC3(CCN(S(=O)(=O)c4cccc(OC)c4)CC3)C2)n1. The molecule has 1 aromatic heterocycles. The van der Waals surface area contributed by atoms with E-state index in [9.17, 15) is 8.42 Å². The van der Waals surface area contributed by atoms with Crippen LogP contribution in [0.3, 0.4) is 0 Å². The summed E-state index contributed by atoms with van der Waals surface area (Å²) >= 11 is 0. The molecule has 1 atom stereocenters. The molecule has 0 aliphatic carbocycles. The van der Waals surface area contributed by atoms with Crippen LogP contribution in [-0.4, -0.2) is 55.3 Å². The molecule has 164 valence electrons. The van der Waals surface area contributed by atoms with Gasteiger partial charge in [0.25, 0.3) is 0 Å². The Bertz CT molecular complexity index is 967. The van der Waals surface area contributed by atoms with Crippen molar-refractivity contribution < 1.29 is 22.4 Å². The average Bonchev–Trinajstić information content (AvgIpc) is 3.22. The van der Waals surface area contributed by atoms with Crippen LogP contribution in [0.25, 0.3) is 0 Å². The molecule has 0 saturated carbocycles. The second-order valence-electron chi connectivity index (χ2n) is 8.14. The van der Waals surface area contributed by atoms with Gasteiger partial charge in [-0.05, 0) is 43.7 Å². The fourth-order valence-electron chi connectivity index (χ4n) is 4.46. The Morgan fingerprint density at radius 2 is 2.10 bits per heavy atom. The van der Waals surface area contributed by atoms with Gasteiger partial charge in [0.1, 0.15) is 5.75 Å². The molecule has 1 aromatic carbocycles. The molecule has 0 radical (unpaired) electrons. The van der Waals surface area contributed by atoms with Gasteiger partial charge < -0.3 is 14.0 Å². The number of rotatable bonds is 6. The number of hydrogen-bond donors (Lipinski definition) is 0. The minimum Gasteiger partial charge on any atom is -0.497 e. The van der Waals surface area contributed by atoms with E-state index in [0.717, 1.165) is 31.5 Å². The summed E-state index contributed by atoms with van der Waals surface area (Å²) < 4.78 is 44.4. The van der Waals surface area contributed by atoms with E-state index in [4.69, 9.17) is 14.0 Å². The summed E-state index contributed by atoms with van der Waals surface area (Å²) in [5.74, 6) is 2.37. The summed E-state index contributed by atoms with van der Waals surface area (Å²) in [6.07, 6.45) is 4.75. The van der Waals surface area contributed by atoms with Gasteiger partial charge in [0.05, 0.1) is 17.6 Å². The number of ether oxygens (including phenoxy) is 2. The van der Waals surface area contributed by atoms with Crippen LogP contribution in [0.5, 0.6) is 5.75 Å². The molecule has 0 amide bonds. The second-order valence-corrected chi connectivity index (χ2v) is 10.1. The molecule has 9 heteroatoms. The fraction of sp³-hybridized carbons (Fsp3) is 0.619. The third-order valence-corrected chi connectivity index (χ3v) is 8.09. The third kappa shape index (κ3) is 4.38. The van der Waals surface area contributed by atoms with Gasteiger partial charge in [-0.3, -0.25) is 0 Å². The first-order valence-corrected chi connectivity index (χ1v) is 12.0. The molecule has 1 spiro atoms. The second kappa shape index (κ2) is 8.64. The molecule has 2 aromatic rings. The first kappa shape index (κ1) is 21.3. The Labute approximate surface area is 177 Å². The lowest BCUT2D eigenvalue weighted by molar-refractivity contribution is -0.121. The highest BCUT2D eigenvalue weighted by atomic mass is 32.2. The predicted molar refractivity (Wildman–Crippen MR) is 110 cm³/mol. The molecule has 2 aliphatic rings. The summed E-state index contributed by atoms with van der Waals surface area (Å²) in [4.78, 5) is 4.70. The lowest BCUT2D eigenvalue weighted by Crippen LogP contribution is -2.50. The van der Waals surface area contributed by atoms with Crippen LogP contribution in [-0.2, 0) is 27.6 Å². The zero-order valence-electron chi connectivity index (χ0n) is 17.5. The van der Waals surface area contributed by atoms with Crippen LogP contribution >= 0.6 is 0 Å². The van der Waals surface area contributed by atoms with E-state index in [1.807, 2.05) is 6.92 Å². The quantitative estimate of drug-likeness (QED) is 0.688. The number of aryl methyl sites for hydroxylation is 1. The molecule has 2 fully saturated rings. The molecule has 2 saturated heterocycles. The molecule has 0 N–H and O–H groups in total. The van der Waals surface area contributed by atoms with Crippen molar-refractivity contribution in [3.05, 3.63) is 36.0 Å². The molecule has 3 heterocycles. The van der Waals surface area contributed by atoms with E-state index in [-0.39, 0.29) is 10.5 Å². The Kier molecular flexibility index (Phi) is 6.13. The molecule has 0 bridgehead atoms. The summed E-state index contributed by atoms with van der Waals surface area (Å²) in [5, 5.41) is 3.98. The Morgan fingerprint density at radius 3 is 2.80 bits per heavy atom. The summed E-state index contributed by atoms with van der Waals surface area (Å²) in [6, 6.07) is 6.63. The standard InChI is InChI=1S/C21H29N3O5S/c1-3-19-22-20(29-23-19)13-16-7-12-28-21(15-16)8-10-24(11-9-21)30(25,26)18-6-4-5-17(14-18)27-2/h4-6,14,16H,3,7-13,15H2,1-2H3. The van der Waals surface area contributed by atoms with Gasteiger partial charge >= 0.3 is 0 Å². The normalized spacial score (nSPS) is 22.3. The van der Waals surface area contributed by atoms with Crippen LogP contribution in [0.4, 0.5) is 0 Å². The van der Waals surface area contributed by atoms with Crippen molar-refractivity contribution in [1.29, 1.82) is 0 Å². The first-order chi connectivity index (χ1) is 14.4. The summed E-state index contributed by atoms with van der Waals surface area (Å²) in [5.41, 5.74) is -0.267. The fourth-order valence-corrected chi connectivity index (χ4v) is 5.94. The van der Waals surface area contributed by atoms with Gasteiger partial charge in [0, 0.05) is 38.6 Å². The Hall–Kier alpha value is -1.97. The van der Waals surface area contributed by atoms with Gasteiger partial charge in [-0.25, -0.2) is 8.42 Å². The van der Waals surface area contributed by atoms with E-state index >= 15 is 0 Å². The molecular formula is C21H29N3O5S. The zero-order valence-corrected chi connectivity index (χ0v) is 18.4. The van der Waals surface area contributed by atoms with Crippen molar-refractivity contribution in [3.8, 4) is 5.75 Å². The number of hydrogen-bond acceptors (Lipinski definition) is 7. The molecule has 4 rings (SSSR count). The maximum Gasteiger partial charge on any atom is 0.243 e. The van der Waals surface area contributed by atoms with Crippen molar-refractivity contribution in [1.82, 2.24) is 14.4 Å². The largest absolute Gasteiger partial charge is 0.497 e. The number of sulfonamides is 1. The number of piperidine rings is 1. The molecule has 8 nitrogen and oxygen atoms in total. The maximum atomic E-state index is 13.1. The number of nitrogens with zero attached hydrogens (tertiary/aromatic N) is 3. The Balaban J connectivity index is 1.40. The Morgan fingerprint density at radius 1 is 1.30 bits per heavy atom. The highest BCUT2D eigenvalue weighted by molar-refractivity contribution is 7.89. The average molecular weight is 436 g/mol.